The predicted molar refractivity (Wildman–Crippen MR) is 125 cm³/mol. The highest BCUT2D eigenvalue weighted by Gasteiger charge is 2.25. The second kappa shape index (κ2) is 9.22. The molecule has 0 aliphatic rings. The zero-order valence-corrected chi connectivity index (χ0v) is 19.2. The van der Waals surface area contributed by atoms with Gasteiger partial charge in [0.15, 0.2) is 0 Å². The Morgan fingerprint density at radius 2 is 1.74 bits per heavy atom. The van der Waals surface area contributed by atoms with Gasteiger partial charge in [-0.2, -0.15) is 5.26 Å². The van der Waals surface area contributed by atoms with Crippen LogP contribution < -0.4 is 9.47 Å². The quantitative estimate of drug-likeness (QED) is 0.480. The Kier molecular flexibility index (Phi) is 6.65. The zero-order chi connectivity index (χ0) is 22.6. The number of rotatable bonds is 6. The van der Waals surface area contributed by atoms with Crippen molar-refractivity contribution in [2.75, 3.05) is 14.2 Å². The van der Waals surface area contributed by atoms with Crippen LogP contribution in [0.5, 0.6) is 11.6 Å². The van der Waals surface area contributed by atoms with Crippen molar-refractivity contribution >= 4 is 0 Å². The molecule has 0 fully saturated rings. The molecule has 4 nitrogen and oxygen atoms in total. The van der Waals surface area contributed by atoms with Crippen LogP contribution in [0.4, 0.5) is 0 Å². The summed E-state index contributed by atoms with van der Waals surface area (Å²) in [7, 11) is 3.33. The number of ether oxygens (including phenoxy) is 2. The first kappa shape index (κ1) is 22.4. The highest BCUT2D eigenvalue weighted by atomic mass is 16.5. The van der Waals surface area contributed by atoms with Crippen LogP contribution in [0.1, 0.15) is 48.9 Å². The summed E-state index contributed by atoms with van der Waals surface area (Å²) in [5, 5.41) is 9.95. The van der Waals surface area contributed by atoms with Crippen LogP contribution in [0.25, 0.3) is 11.1 Å². The van der Waals surface area contributed by atoms with Gasteiger partial charge in [0.25, 0.3) is 0 Å². The summed E-state index contributed by atoms with van der Waals surface area (Å²) in [6.45, 7) is 8.55. The van der Waals surface area contributed by atoms with Gasteiger partial charge >= 0.3 is 0 Å². The molecule has 0 amide bonds. The molecule has 3 rings (SSSR count). The number of aryl methyl sites for hydroxylation is 1. The van der Waals surface area contributed by atoms with Crippen molar-refractivity contribution in [2.45, 2.75) is 45.4 Å². The first-order valence-corrected chi connectivity index (χ1v) is 10.5. The van der Waals surface area contributed by atoms with E-state index in [-0.39, 0.29) is 11.3 Å². The average Bonchev–Trinajstić information content (AvgIpc) is 2.76. The number of hydrogen-bond donors (Lipinski definition) is 0. The summed E-state index contributed by atoms with van der Waals surface area (Å²) in [6, 6.07) is 18.8. The number of nitrogens with zero attached hydrogens (tertiary/aromatic N) is 2. The molecule has 160 valence electrons. The van der Waals surface area contributed by atoms with E-state index >= 15 is 0 Å². The third kappa shape index (κ3) is 4.88. The van der Waals surface area contributed by atoms with Crippen LogP contribution in [-0.2, 0) is 11.8 Å². The fraction of sp³-hybridized carbons (Fsp3) is 0.333. The van der Waals surface area contributed by atoms with Gasteiger partial charge in [-0.3, -0.25) is 0 Å². The zero-order valence-electron chi connectivity index (χ0n) is 19.2. The second-order valence-electron chi connectivity index (χ2n) is 8.82. The van der Waals surface area contributed by atoms with Gasteiger partial charge in [-0.15, -0.1) is 0 Å². The Balaban J connectivity index is 2.18. The van der Waals surface area contributed by atoms with Gasteiger partial charge in [0.1, 0.15) is 5.75 Å². The molecule has 1 unspecified atom stereocenters. The minimum absolute atomic E-state index is 0.141. The lowest BCUT2D eigenvalue weighted by Crippen LogP contribution is -2.15. The Morgan fingerprint density at radius 1 is 1.03 bits per heavy atom. The lowest BCUT2D eigenvalue weighted by molar-refractivity contribution is 0.391. The molecule has 0 aliphatic carbocycles. The topological polar surface area (TPSA) is 55.1 Å². The summed E-state index contributed by atoms with van der Waals surface area (Å²) in [5.74, 6) is 1.15. The molecule has 0 saturated heterocycles. The standard InChI is InChI=1S/C27H30N2O2/c1-18-9-11-19(12-10-18)22(17-28)15-21-14-20(23-8-7-13-29-26(23)31-6)16-24(25(21)30-5)27(2,3)4/h7-14,16,22H,15H2,1-6H3. The molecule has 0 radical (unpaired) electrons. The van der Waals surface area contributed by atoms with Gasteiger partial charge in [0.05, 0.1) is 26.2 Å². The molecule has 0 saturated carbocycles. The van der Waals surface area contributed by atoms with Crippen LogP contribution in [0.15, 0.2) is 54.7 Å². The molecule has 1 aromatic heterocycles. The molecule has 0 aliphatic heterocycles. The largest absolute Gasteiger partial charge is 0.496 e. The minimum Gasteiger partial charge on any atom is -0.496 e. The van der Waals surface area contributed by atoms with Crippen molar-refractivity contribution in [3.05, 3.63) is 77.0 Å². The molecule has 3 aromatic rings. The number of methoxy groups -OCH3 is 2. The van der Waals surface area contributed by atoms with Crippen molar-refractivity contribution in [1.82, 2.24) is 4.98 Å². The molecule has 1 heterocycles. The second-order valence-corrected chi connectivity index (χ2v) is 8.82. The maximum absolute atomic E-state index is 9.95. The molecule has 4 heteroatoms. The summed E-state index contributed by atoms with van der Waals surface area (Å²) < 4.78 is 11.4. The van der Waals surface area contributed by atoms with E-state index in [1.165, 1.54) is 5.56 Å². The van der Waals surface area contributed by atoms with Crippen LogP contribution in [-0.4, -0.2) is 19.2 Å². The van der Waals surface area contributed by atoms with Crippen molar-refractivity contribution in [1.29, 1.82) is 5.26 Å². The fourth-order valence-corrected chi connectivity index (χ4v) is 3.82. The van der Waals surface area contributed by atoms with E-state index in [1.807, 2.05) is 24.3 Å². The first-order valence-electron chi connectivity index (χ1n) is 10.5. The van der Waals surface area contributed by atoms with Crippen LogP contribution in [0.2, 0.25) is 0 Å². The van der Waals surface area contributed by atoms with Gasteiger partial charge in [0, 0.05) is 17.3 Å². The molecule has 0 bridgehead atoms. The van der Waals surface area contributed by atoms with Crippen molar-refractivity contribution in [3.63, 3.8) is 0 Å². The monoisotopic (exact) mass is 414 g/mol. The molecule has 2 aromatic carbocycles. The van der Waals surface area contributed by atoms with E-state index in [0.29, 0.717) is 12.3 Å². The van der Waals surface area contributed by atoms with Crippen molar-refractivity contribution in [2.24, 2.45) is 0 Å². The van der Waals surface area contributed by atoms with E-state index in [0.717, 1.165) is 33.6 Å². The maximum atomic E-state index is 9.95. The minimum atomic E-state index is -0.270. The van der Waals surface area contributed by atoms with Crippen molar-refractivity contribution in [3.8, 4) is 28.8 Å². The summed E-state index contributed by atoms with van der Waals surface area (Å²) in [6.07, 6.45) is 2.28. The van der Waals surface area contributed by atoms with Gasteiger partial charge in [-0.25, -0.2) is 4.98 Å². The van der Waals surface area contributed by atoms with E-state index < -0.39 is 0 Å². The van der Waals surface area contributed by atoms with Gasteiger partial charge in [0.2, 0.25) is 5.88 Å². The smallest absolute Gasteiger partial charge is 0.221 e. The number of benzene rings is 2. The summed E-state index contributed by atoms with van der Waals surface area (Å²) >= 11 is 0. The maximum Gasteiger partial charge on any atom is 0.221 e. The molecule has 31 heavy (non-hydrogen) atoms. The Labute approximate surface area is 185 Å². The van der Waals surface area contributed by atoms with E-state index in [9.17, 15) is 5.26 Å². The van der Waals surface area contributed by atoms with Crippen LogP contribution in [0.3, 0.4) is 0 Å². The lowest BCUT2D eigenvalue weighted by Gasteiger charge is -2.26. The van der Waals surface area contributed by atoms with Gasteiger partial charge in [-0.05, 0) is 59.7 Å². The number of hydrogen-bond acceptors (Lipinski definition) is 4. The first-order chi connectivity index (χ1) is 14.8. The van der Waals surface area contributed by atoms with Crippen LogP contribution in [0, 0.1) is 18.3 Å². The average molecular weight is 415 g/mol. The van der Waals surface area contributed by atoms with E-state index in [4.69, 9.17) is 9.47 Å². The Morgan fingerprint density at radius 3 is 2.32 bits per heavy atom. The highest BCUT2D eigenvalue weighted by Crippen LogP contribution is 2.41. The highest BCUT2D eigenvalue weighted by molar-refractivity contribution is 5.72. The summed E-state index contributed by atoms with van der Waals surface area (Å²) in [4.78, 5) is 4.36. The molecular weight excluding hydrogens is 384 g/mol. The normalized spacial score (nSPS) is 12.2. The Bertz CT molecular complexity index is 1090. The SMILES string of the molecule is COc1ncccc1-c1cc(CC(C#N)c2ccc(C)cc2)c(OC)c(C(C)(C)C)c1. The van der Waals surface area contributed by atoms with Crippen LogP contribution >= 0.6 is 0 Å². The fourth-order valence-electron chi connectivity index (χ4n) is 3.82. The molecule has 0 spiro atoms. The number of aromatic nitrogens is 1. The summed E-state index contributed by atoms with van der Waals surface area (Å²) in [5.41, 5.74) is 6.07. The van der Waals surface area contributed by atoms with Gasteiger partial charge in [-0.1, -0.05) is 50.6 Å². The molecule has 0 N–H and O–H groups in total. The number of nitriles is 1. The third-order valence-corrected chi connectivity index (χ3v) is 5.51. The molecule has 1 atom stereocenters. The van der Waals surface area contributed by atoms with E-state index in [1.54, 1.807) is 20.4 Å². The van der Waals surface area contributed by atoms with Gasteiger partial charge < -0.3 is 9.47 Å². The van der Waals surface area contributed by atoms with Crippen molar-refractivity contribution < 1.29 is 9.47 Å². The number of pyridine rings is 1. The Hall–Kier alpha value is -3.32. The third-order valence-electron chi connectivity index (χ3n) is 5.51. The molecular formula is C27H30N2O2. The van der Waals surface area contributed by atoms with E-state index in [2.05, 4.69) is 63.0 Å². The lowest BCUT2D eigenvalue weighted by atomic mass is 9.81. The predicted octanol–water partition coefficient (Wildman–Crippen LogP) is 6.22.